The standard InChI is InChI=1S/C49H52N4O12/c1-62-44(54)29-40(51-45(55)41(52-47(58)59)21-12-24-50-48(60)64-31-34-15-7-3-8-16-34)26-36-19-11-20-37(25-36)38-22-23-43(63-30-33-13-5-2-6-14-33)39(27-38)28-42(46(56)57)53-49(61)65-32-35-17-9-4-10-18-35/h2-11,13-20,22-23,25,27,40-42,52H,12,21,24,26,28-32H2,1H3,(H,50,60)(H,51,55)(H,53,61)(H,56,57)(H,58,59)/t40?,41-,42-/m0/s1. The lowest BCUT2D eigenvalue weighted by Crippen LogP contribution is -2.50. The van der Waals surface area contributed by atoms with Crippen LogP contribution in [0.1, 0.15) is 47.1 Å². The third kappa shape index (κ3) is 16.7. The topological polar surface area (TPSA) is 228 Å². The quantitative estimate of drug-likeness (QED) is 0.0227. The normalized spacial score (nSPS) is 12.0. The van der Waals surface area contributed by atoms with Gasteiger partial charge in [0.25, 0.3) is 0 Å². The first-order valence-corrected chi connectivity index (χ1v) is 20.9. The number of ether oxygens (including phenoxy) is 4. The van der Waals surface area contributed by atoms with Gasteiger partial charge in [-0.2, -0.15) is 0 Å². The summed E-state index contributed by atoms with van der Waals surface area (Å²) in [5.74, 6) is -2.15. The number of hydrogen-bond acceptors (Lipinski definition) is 10. The van der Waals surface area contributed by atoms with Crippen LogP contribution >= 0.6 is 0 Å². The highest BCUT2D eigenvalue weighted by atomic mass is 16.6. The Bertz CT molecular complexity index is 2350. The summed E-state index contributed by atoms with van der Waals surface area (Å²) in [5.41, 5.74) is 5.02. The van der Waals surface area contributed by atoms with Crippen LogP contribution in [-0.2, 0) is 61.3 Å². The van der Waals surface area contributed by atoms with E-state index in [9.17, 15) is 39.0 Å². The van der Waals surface area contributed by atoms with Gasteiger partial charge in [-0.05, 0) is 70.3 Å². The molecular formula is C49H52N4O12. The monoisotopic (exact) mass is 888 g/mol. The molecule has 5 rings (SSSR count). The Hall–Kier alpha value is -7.88. The fourth-order valence-electron chi connectivity index (χ4n) is 6.73. The predicted octanol–water partition coefficient (Wildman–Crippen LogP) is 6.79. The number of carboxylic acids is 1. The molecule has 0 saturated carbocycles. The van der Waals surface area contributed by atoms with Crippen molar-refractivity contribution in [1.82, 2.24) is 21.3 Å². The highest BCUT2D eigenvalue weighted by Crippen LogP contribution is 2.30. The lowest BCUT2D eigenvalue weighted by molar-refractivity contribution is -0.141. The molecule has 0 spiro atoms. The number of alkyl carbamates (subject to hydrolysis) is 2. The molecule has 6 N–H and O–H groups in total. The van der Waals surface area contributed by atoms with E-state index < -0.39 is 54.3 Å². The molecule has 340 valence electrons. The van der Waals surface area contributed by atoms with Crippen LogP contribution < -0.4 is 26.0 Å². The molecule has 65 heavy (non-hydrogen) atoms. The molecule has 16 heteroatoms. The van der Waals surface area contributed by atoms with Gasteiger partial charge in [0.15, 0.2) is 0 Å². The Morgan fingerprint density at radius 1 is 0.585 bits per heavy atom. The third-order valence-corrected chi connectivity index (χ3v) is 10.0. The molecule has 0 aliphatic carbocycles. The second-order valence-electron chi connectivity index (χ2n) is 14.9. The SMILES string of the molecule is COC(=O)CC(Cc1cccc(-c2ccc(OCc3ccccc3)c(C[C@H](NC(=O)OCc3ccccc3)C(=O)O)c2)c1)NC(=O)[C@H](CCCNC(=O)OCc1ccccc1)NC(=O)O. The zero-order valence-electron chi connectivity index (χ0n) is 35.8. The van der Waals surface area contributed by atoms with Crippen LogP contribution in [0.3, 0.4) is 0 Å². The summed E-state index contributed by atoms with van der Waals surface area (Å²) in [5, 5.41) is 29.8. The van der Waals surface area contributed by atoms with Crippen LogP contribution in [0.5, 0.6) is 5.75 Å². The van der Waals surface area contributed by atoms with Crippen molar-refractivity contribution in [3.63, 3.8) is 0 Å². The highest BCUT2D eigenvalue weighted by molar-refractivity contribution is 5.86. The molecule has 0 saturated heterocycles. The van der Waals surface area contributed by atoms with E-state index in [-0.39, 0.29) is 58.5 Å². The average molecular weight is 889 g/mol. The van der Waals surface area contributed by atoms with E-state index in [0.29, 0.717) is 28.0 Å². The van der Waals surface area contributed by atoms with Crippen molar-refractivity contribution < 1.29 is 57.9 Å². The van der Waals surface area contributed by atoms with E-state index in [2.05, 4.69) is 21.3 Å². The lowest BCUT2D eigenvalue weighted by atomic mass is 9.95. The maximum atomic E-state index is 13.6. The van der Waals surface area contributed by atoms with Crippen molar-refractivity contribution in [2.75, 3.05) is 13.7 Å². The van der Waals surface area contributed by atoms with Gasteiger partial charge in [0.2, 0.25) is 5.91 Å². The molecule has 5 aromatic carbocycles. The van der Waals surface area contributed by atoms with Crippen molar-refractivity contribution in [2.24, 2.45) is 0 Å². The van der Waals surface area contributed by atoms with E-state index in [4.69, 9.17) is 18.9 Å². The Morgan fingerprint density at radius 2 is 1.17 bits per heavy atom. The molecule has 0 aromatic heterocycles. The Balaban J connectivity index is 1.29. The molecule has 0 aliphatic rings. The molecule has 16 nitrogen and oxygen atoms in total. The predicted molar refractivity (Wildman–Crippen MR) is 239 cm³/mol. The summed E-state index contributed by atoms with van der Waals surface area (Å²) >= 11 is 0. The summed E-state index contributed by atoms with van der Waals surface area (Å²) < 4.78 is 21.6. The number of rotatable bonds is 23. The van der Waals surface area contributed by atoms with Crippen molar-refractivity contribution in [2.45, 2.75) is 70.1 Å². The van der Waals surface area contributed by atoms with Crippen molar-refractivity contribution in [3.8, 4) is 16.9 Å². The van der Waals surface area contributed by atoms with Crippen LogP contribution in [0, 0.1) is 0 Å². The number of carboxylic acid groups (broad SMARTS) is 2. The molecule has 0 fully saturated rings. The van der Waals surface area contributed by atoms with E-state index in [0.717, 1.165) is 16.7 Å². The average Bonchev–Trinajstić information content (AvgIpc) is 3.31. The second kappa shape index (κ2) is 25.3. The van der Waals surface area contributed by atoms with Crippen molar-refractivity contribution >= 4 is 36.1 Å². The minimum absolute atomic E-state index is 0.0258. The van der Waals surface area contributed by atoms with E-state index in [1.54, 1.807) is 48.5 Å². The number of nitrogens with one attached hydrogen (secondary N) is 4. The highest BCUT2D eigenvalue weighted by Gasteiger charge is 2.26. The van der Waals surface area contributed by atoms with Gasteiger partial charge in [0.1, 0.15) is 37.7 Å². The molecule has 0 heterocycles. The maximum Gasteiger partial charge on any atom is 0.408 e. The van der Waals surface area contributed by atoms with Gasteiger partial charge < -0.3 is 50.4 Å². The lowest BCUT2D eigenvalue weighted by Gasteiger charge is -2.23. The summed E-state index contributed by atoms with van der Waals surface area (Å²) in [6.45, 7) is 0.325. The second-order valence-corrected chi connectivity index (χ2v) is 14.9. The van der Waals surface area contributed by atoms with Gasteiger partial charge in [0.05, 0.1) is 13.5 Å². The zero-order valence-corrected chi connectivity index (χ0v) is 35.8. The van der Waals surface area contributed by atoms with Crippen LogP contribution in [0.4, 0.5) is 14.4 Å². The summed E-state index contributed by atoms with van der Waals surface area (Å²) in [6.07, 6.45) is -2.98. The molecule has 3 atom stereocenters. The fourth-order valence-corrected chi connectivity index (χ4v) is 6.73. The maximum absolute atomic E-state index is 13.6. The van der Waals surface area contributed by atoms with Gasteiger partial charge in [-0.15, -0.1) is 0 Å². The van der Waals surface area contributed by atoms with E-state index >= 15 is 0 Å². The molecular weight excluding hydrogens is 837 g/mol. The number of aliphatic carboxylic acids is 1. The minimum atomic E-state index is -1.43. The Labute approximate surface area is 376 Å². The summed E-state index contributed by atoms with van der Waals surface area (Å²) in [7, 11) is 1.22. The summed E-state index contributed by atoms with van der Waals surface area (Å²) in [6, 6.07) is 36.7. The number of carbonyl (C=O) groups is 6. The smallest absolute Gasteiger partial charge is 0.408 e. The van der Waals surface area contributed by atoms with Crippen LogP contribution in [0.25, 0.3) is 11.1 Å². The first kappa shape index (κ1) is 48.2. The van der Waals surface area contributed by atoms with Crippen LogP contribution in [0.2, 0.25) is 0 Å². The molecule has 1 unspecified atom stereocenters. The van der Waals surface area contributed by atoms with Gasteiger partial charge in [-0.3, -0.25) is 9.59 Å². The molecule has 5 aromatic rings. The van der Waals surface area contributed by atoms with Gasteiger partial charge >= 0.3 is 30.2 Å². The largest absolute Gasteiger partial charge is 0.489 e. The molecule has 0 aliphatic heterocycles. The third-order valence-electron chi connectivity index (χ3n) is 10.0. The van der Waals surface area contributed by atoms with Crippen LogP contribution in [0.15, 0.2) is 133 Å². The van der Waals surface area contributed by atoms with Gasteiger partial charge in [-0.1, -0.05) is 121 Å². The number of carbonyl (C=O) groups excluding carboxylic acids is 4. The Kier molecular flexibility index (Phi) is 18.7. The van der Waals surface area contributed by atoms with E-state index in [1.807, 2.05) is 84.9 Å². The number of hydrogen-bond donors (Lipinski definition) is 6. The molecule has 0 bridgehead atoms. The zero-order chi connectivity index (χ0) is 46.4. The summed E-state index contributed by atoms with van der Waals surface area (Å²) in [4.78, 5) is 75.3. The van der Waals surface area contributed by atoms with Crippen molar-refractivity contribution in [3.05, 3.63) is 161 Å². The first-order chi connectivity index (χ1) is 31.4. The fraction of sp³-hybridized carbons (Fsp3) is 0.265. The molecule has 4 amide bonds. The number of methoxy groups -OCH3 is 1. The first-order valence-electron chi connectivity index (χ1n) is 20.9. The number of amides is 4. The minimum Gasteiger partial charge on any atom is -0.489 e. The van der Waals surface area contributed by atoms with E-state index in [1.165, 1.54) is 7.11 Å². The van der Waals surface area contributed by atoms with Gasteiger partial charge in [-0.25, -0.2) is 19.2 Å². The Morgan fingerprint density at radius 3 is 1.77 bits per heavy atom. The number of benzene rings is 5. The van der Waals surface area contributed by atoms with Gasteiger partial charge in [0, 0.05) is 19.0 Å². The van der Waals surface area contributed by atoms with Crippen molar-refractivity contribution in [1.29, 1.82) is 0 Å². The molecule has 0 radical (unpaired) electrons. The number of esters is 1. The van der Waals surface area contributed by atoms with Crippen LogP contribution in [-0.4, -0.2) is 78.1 Å².